The fraction of sp³-hybridized carbons (Fsp3) is 0.571. The highest BCUT2D eigenvalue weighted by Gasteiger charge is 2.25. The summed E-state index contributed by atoms with van der Waals surface area (Å²) in [5.74, 6) is 1.39. The third-order valence-electron chi connectivity index (χ3n) is 3.89. The predicted octanol–water partition coefficient (Wildman–Crippen LogP) is 2.98. The van der Waals surface area contributed by atoms with Gasteiger partial charge in [0.15, 0.2) is 0 Å². The summed E-state index contributed by atoms with van der Waals surface area (Å²) >= 11 is 3.51. The van der Waals surface area contributed by atoms with Gasteiger partial charge in [0.05, 0.1) is 11.6 Å². The van der Waals surface area contributed by atoms with E-state index in [1.807, 2.05) is 6.07 Å². The Hall–Kier alpha value is -0.580. The molecule has 18 heavy (non-hydrogen) atoms. The predicted molar refractivity (Wildman–Crippen MR) is 77.6 cm³/mol. The quantitative estimate of drug-likeness (QED) is 0.902. The van der Waals surface area contributed by atoms with Crippen LogP contribution in [0.1, 0.15) is 37.3 Å². The molecule has 0 aromatic heterocycles. The maximum Gasteiger partial charge on any atom is 0.133 e. The van der Waals surface area contributed by atoms with Gasteiger partial charge in [-0.2, -0.15) is 0 Å². The number of hydrogen-bond acceptors (Lipinski definition) is 3. The van der Waals surface area contributed by atoms with Gasteiger partial charge in [-0.25, -0.2) is 0 Å². The van der Waals surface area contributed by atoms with Crippen molar-refractivity contribution in [1.29, 1.82) is 0 Å². The molecule has 1 aromatic carbocycles. The van der Waals surface area contributed by atoms with Crippen LogP contribution in [-0.4, -0.2) is 13.2 Å². The SMILES string of the molecule is COc1ccc(C(N)C2CCC(N)CC2)cc1Br. The molecule has 0 bridgehead atoms. The van der Waals surface area contributed by atoms with Crippen LogP contribution in [-0.2, 0) is 0 Å². The van der Waals surface area contributed by atoms with Crippen LogP contribution in [0.3, 0.4) is 0 Å². The lowest BCUT2D eigenvalue weighted by atomic mass is 9.80. The third-order valence-corrected chi connectivity index (χ3v) is 4.50. The number of halogens is 1. The van der Waals surface area contributed by atoms with Crippen molar-refractivity contribution in [2.75, 3.05) is 7.11 Å². The first kappa shape index (κ1) is 13.8. The highest BCUT2D eigenvalue weighted by molar-refractivity contribution is 9.10. The van der Waals surface area contributed by atoms with Gasteiger partial charge in [-0.15, -0.1) is 0 Å². The van der Waals surface area contributed by atoms with Gasteiger partial charge in [0.2, 0.25) is 0 Å². The van der Waals surface area contributed by atoms with E-state index in [4.69, 9.17) is 16.2 Å². The molecule has 0 amide bonds. The number of methoxy groups -OCH3 is 1. The Morgan fingerprint density at radius 3 is 2.50 bits per heavy atom. The molecule has 0 radical (unpaired) electrons. The summed E-state index contributed by atoms with van der Waals surface area (Å²) in [6.07, 6.45) is 4.45. The smallest absolute Gasteiger partial charge is 0.133 e. The Morgan fingerprint density at radius 2 is 1.94 bits per heavy atom. The molecule has 3 nitrogen and oxygen atoms in total. The average molecular weight is 313 g/mol. The summed E-state index contributed by atoms with van der Waals surface area (Å²) in [7, 11) is 1.67. The van der Waals surface area contributed by atoms with E-state index in [-0.39, 0.29) is 6.04 Å². The lowest BCUT2D eigenvalue weighted by molar-refractivity contribution is 0.284. The van der Waals surface area contributed by atoms with E-state index in [2.05, 4.69) is 28.1 Å². The van der Waals surface area contributed by atoms with Gasteiger partial charge in [0.25, 0.3) is 0 Å². The largest absolute Gasteiger partial charge is 0.496 e. The van der Waals surface area contributed by atoms with Crippen molar-refractivity contribution < 1.29 is 4.74 Å². The zero-order chi connectivity index (χ0) is 13.1. The van der Waals surface area contributed by atoms with Gasteiger partial charge < -0.3 is 16.2 Å². The maximum absolute atomic E-state index is 6.37. The summed E-state index contributed by atoms with van der Waals surface area (Å²) in [5.41, 5.74) is 13.5. The van der Waals surface area contributed by atoms with Crippen LogP contribution in [0, 0.1) is 5.92 Å². The fourth-order valence-electron chi connectivity index (χ4n) is 2.67. The monoisotopic (exact) mass is 312 g/mol. The standard InChI is InChI=1S/C14H21BrN2O/c1-18-13-7-4-10(8-12(13)15)14(17)9-2-5-11(16)6-3-9/h4,7-9,11,14H,2-3,5-6,16-17H2,1H3. The van der Waals surface area contributed by atoms with E-state index < -0.39 is 0 Å². The Morgan fingerprint density at radius 1 is 1.28 bits per heavy atom. The van der Waals surface area contributed by atoms with Crippen molar-refractivity contribution >= 4 is 15.9 Å². The van der Waals surface area contributed by atoms with E-state index >= 15 is 0 Å². The fourth-order valence-corrected chi connectivity index (χ4v) is 3.22. The first-order valence-corrected chi connectivity index (χ1v) is 7.25. The first-order chi connectivity index (χ1) is 8.61. The van der Waals surface area contributed by atoms with E-state index in [9.17, 15) is 0 Å². The zero-order valence-corrected chi connectivity index (χ0v) is 12.3. The van der Waals surface area contributed by atoms with Gasteiger partial charge in [0, 0.05) is 12.1 Å². The molecule has 1 aliphatic carbocycles. The van der Waals surface area contributed by atoms with E-state index in [0.717, 1.165) is 35.9 Å². The van der Waals surface area contributed by atoms with Crippen molar-refractivity contribution in [1.82, 2.24) is 0 Å². The van der Waals surface area contributed by atoms with Crippen molar-refractivity contribution in [2.24, 2.45) is 17.4 Å². The highest BCUT2D eigenvalue weighted by Crippen LogP contribution is 2.35. The zero-order valence-electron chi connectivity index (χ0n) is 10.7. The summed E-state index contributed by atoms with van der Waals surface area (Å²) in [6.45, 7) is 0. The molecule has 1 fully saturated rings. The molecule has 1 aromatic rings. The van der Waals surface area contributed by atoms with Crippen LogP contribution in [0.4, 0.5) is 0 Å². The third kappa shape index (κ3) is 3.05. The number of hydrogen-bond donors (Lipinski definition) is 2. The minimum atomic E-state index is 0.0970. The molecule has 1 saturated carbocycles. The van der Waals surface area contributed by atoms with E-state index in [1.165, 1.54) is 5.56 Å². The molecule has 0 saturated heterocycles. The number of ether oxygens (including phenoxy) is 1. The summed E-state index contributed by atoms with van der Waals surface area (Å²) in [6, 6.07) is 6.56. The van der Waals surface area contributed by atoms with Crippen LogP contribution in [0.5, 0.6) is 5.75 Å². The van der Waals surface area contributed by atoms with Crippen LogP contribution in [0.15, 0.2) is 22.7 Å². The molecular formula is C14H21BrN2O. The lowest BCUT2D eigenvalue weighted by Crippen LogP contribution is -2.31. The number of benzene rings is 1. The number of nitrogens with two attached hydrogens (primary N) is 2. The van der Waals surface area contributed by atoms with Crippen LogP contribution in [0.2, 0.25) is 0 Å². The molecule has 100 valence electrons. The Bertz CT molecular complexity index is 403. The molecule has 1 unspecified atom stereocenters. The second-order valence-electron chi connectivity index (χ2n) is 5.09. The molecule has 4 N–H and O–H groups in total. The molecule has 0 heterocycles. The minimum Gasteiger partial charge on any atom is -0.496 e. The molecule has 4 heteroatoms. The van der Waals surface area contributed by atoms with Crippen LogP contribution in [0.25, 0.3) is 0 Å². The van der Waals surface area contributed by atoms with E-state index in [0.29, 0.717) is 12.0 Å². The normalized spacial score (nSPS) is 25.8. The van der Waals surface area contributed by atoms with Crippen molar-refractivity contribution in [2.45, 2.75) is 37.8 Å². The number of rotatable bonds is 3. The van der Waals surface area contributed by atoms with Crippen molar-refractivity contribution in [3.05, 3.63) is 28.2 Å². The second kappa shape index (κ2) is 6.04. The van der Waals surface area contributed by atoms with Crippen molar-refractivity contribution in [3.63, 3.8) is 0 Å². The van der Waals surface area contributed by atoms with E-state index in [1.54, 1.807) is 7.11 Å². The average Bonchev–Trinajstić information content (AvgIpc) is 2.38. The maximum atomic E-state index is 6.37. The van der Waals surface area contributed by atoms with Crippen LogP contribution >= 0.6 is 15.9 Å². The molecule has 2 rings (SSSR count). The molecular weight excluding hydrogens is 292 g/mol. The van der Waals surface area contributed by atoms with Gasteiger partial charge >= 0.3 is 0 Å². The lowest BCUT2D eigenvalue weighted by Gasteiger charge is -2.30. The van der Waals surface area contributed by atoms with Gasteiger partial charge in [-0.3, -0.25) is 0 Å². The second-order valence-corrected chi connectivity index (χ2v) is 5.95. The Labute approximate surface area is 117 Å². The Balaban J connectivity index is 2.08. The van der Waals surface area contributed by atoms with Crippen molar-refractivity contribution in [3.8, 4) is 5.75 Å². The van der Waals surface area contributed by atoms with Gasteiger partial charge in [-0.05, 0) is 65.2 Å². The molecule has 1 aliphatic rings. The topological polar surface area (TPSA) is 61.3 Å². The van der Waals surface area contributed by atoms with Gasteiger partial charge in [-0.1, -0.05) is 6.07 Å². The highest BCUT2D eigenvalue weighted by atomic mass is 79.9. The van der Waals surface area contributed by atoms with Gasteiger partial charge in [0.1, 0.15) is 5.75 Å². The molecule has 0 aliphatic heterocycles. The Kier molecular flexibility index (Phi) is 4.65. The first-order valence-electron chi connectivity index (χ1n) is 6.46. The summed E-state index contributed by atoms with van der Waals surface area (Å²) < 4.78 is 6.20. The van der Waals surface area contributed by atoms with Crippen LogP contribution < -0.4 is 16.2 Å². The summed E-state index contributed by atoms with van der Waals surface area (Å²) in [5, 5.41) is 0. The minimum absolute atomic E-state index is 0.0970. The molecule has 0 spiro atoms. The molecule has 1 atom stereocenters. The summed E-state index contributed by atoms with van der Waals surface area (Å²) in [4.78, 5) is 0.